The van der Waals surface area contributed by atoms with Crippen LogP contribution in [0.1, 0.15) is 30.0 Å². The van der Waals surface area contributed by atoms with E-state index in [1.165, 1.54) is 17.8 Å². The molecule has 4 nitrogen and oxygen atoms in total. The van der Waals surface area contributed by atoms with Crippen molar-refractivity contribution in [3.8, 4) is 0 Å². The third-order valence-corrected chi connectivity index (χ3v) is 3.36. The van der Waals surface area contributed by atoms with Crippen molar-refractivity contribution in [3.05, 3.63) is 35.0 Å². The Morgan fingerprint density at radius 2 is 2.06 bits per heavy atom. The van der Waals surface area contributed by atoms with Crippen LogP contribution in [-0.2, 0) is 0 Å². The minimum atomic E-state index is -0.758. The Labute approximate surface area is 108 Å². The van der Waals surface area contributed by atoms with Gasteiger partial charge in [0.05, 0.1) is 6.10 Å². The first kappa shape index (κ1) is 13.0. The highest BCUT2D eigenvalue weighted by molar-refractivity contribution is 7.99. The number of hydrogen-bond acceptors (Lipinski definition) is 5. The summed E-state index contributed by atoms with van der Waals surface area (Å²) < 4.78 is 18.7. The first-order valence-corrected chi connectivity index (χ1v) is 6.25. The SMILES string of the molecule is Cc1nnc(Sc2cc(C)c(F)cc2[C@@H](C)O)o1. The molecule has 0 fully saturated rings. The summed E-state index contributed by atoms with van der Waals surface area (Å²) in [4.78, 5) is 0.715. The molecule has 0 radical (unpaired) electrons. The monoisotopic (exact) mass is 268 g/mol. The van der Waals surface area contributed by atoms with E-state index in [1.54, 1.807) is 26.8 Å². The Hall–Kier alpha value is -1.40. The average molecular weight is 268 g/mol. The maximum atomic E-state index is 13.5. The highest BCUT2D eigenvalue weighted by Gasteiger charge is 2.15. The maximum Gasteiger partial charge on any atom is 0.281 e. The molecular formula is C12H13FN2O2S. The molecule has 0 bridgehead atoms. The molecule has 18 heavy (non-hydrogen) atoms. The molecule has 1 aromatic heterocycles. The molecule has 1 aromatic carbocycles. The van der Waals surface area contributed by atoms with Gasteiger partial charge in [-0.2, -0.15) is 0 Å². The summed E-state index contributed by atoms with van der Waals surface area (Å²) in [5, 5.41) is 17.6. The van der Waals surface area contributed by atoms with Crippen LogP contribution >= 0.6 is 11.8 Å². The van der Waals surface area contributed by atoms with Crippen molar-refractivity contribution in [2.75, 3.05) is 0 Å². The molecule has 1 atom stereocenters. The molecule has 0 amide bonds. The summed E-state index contributed by atoms with van der Waals surface area (Å²) in [6.07, 6.45) is -0.758. The number of nitrogens with zero attached hydrogens (tertiary/aromatic N) is 2. The van der Waals surface area contributed by atoms with Crippen molar-refractivity contribution in [3.63, 3.8) is 0 Å². The summed E-state index contributed by atoms with van der Waals surface area (Å²) in [7, 11) is 0. The second kappa shape index (κ2) is 5.07. The van der Waals surface area contributed by atoms with E-state index in [9.17, 15) is 9.50 Å². The van der Waals surface area contributed by atoms with Crippen LogP contribution in [0.5, 0.6) is 0 Å². The number of hydrogen-bond donors (Lipinski definition) is 1. The number of aliphatic hydroxyl groups is 1. The van der Waals surface area contributed by atoms with E-state index in [1.807, 2.05) is 0 Å². The number of benzene rings is 1. The van der Waals surface area contributed by atoms with E-state index in [-0.39, 0.29) is 5.82 Å². The highest BCUT2D eigenvalue weighted by Crippen LogP contribution is 2.34. The molecule has 2 aromatic rings. The first-order valence-electron chi connectivity index (χ1n) is 5.43. The molecule has 2 rings (SSSR count). The van der Waals surface area contributed by atoms with Crippen molar-refractivity contribution < 1.29 is 13.9 Å². The fourth-order valence-corrected chi connectivity index (χ4v) is 2.51. The van der Waals surface area contributed by atoms with Crippen molar-refractivity contribution in [1.82, 2.24) is 10.2 Å². The van der Waals surface area contributed by atoms with E-state index in [4.69, 9.17) is 4.42 Å². The molecule has 0 saturated heterocycles. The molecule has 6 heteroatoms. The molecular weight excluding hydrogens is 255 g/mol. The topological polar surface area (TPSA) is 59.2 Å². The van der Waals surface area contributed by atoms with Crippen LogP contribution in [0.4, 0.5) is 4.39 Å². The Morgan fingerprint density at radius 3 is 2.61 bits per heavy atom. The Morgan fingerprint density at radius 1 is 1.33 bits per heavy atom. The van der Waals surface area contributed by atoms with Crippen LogP contribution in [0.2, 0.25) is 0 Å². The molecule has 0 spiro atoms. The minimum Gasteiger partial charge on any atom is -0.416 e. The quantitative estimate of drug-likeness (QED) is 0.927. The number of aryl methyl sites for hydroxylation is 2. The lowest BCUT2D eigenvalue weighted by Crippen LogP contribution is -1.97. The van der Waals surface area contributed by atoms with Crippen molar-refractivity contribution in [2.45, 2.75) is 37.0 Å². The summed E-state index contributed by atoms with van der Waals surface area (Å²) in [5.74, 6) is 0.131. The van der Waals surface area contributed by atoms with Crippen LogP contribution in [0.3, 0.4) is 0 Å². The molecule has 0 unspecified atom stereocenters. The fraction of sp³-hybridized carbons (Fsp3) is 0.333. The van der Waals surface area contributed by atoms with E-state index in [0.29, 0.717) is 27.1 Å². The Kier molecular flexibility index (Phi) is 3.68. The third-order valence-electron chi connectivity index (χ3n) is 2.45. The highest BCUT2D eigenvalue weighted by atomic mass is 32.2. The number of halogens is 1. The predicted octanol–water partition coefficient (Wildman–Crippen LogP) is 3.03. The number of aromatic nitrogens is 2. The van der Waals surface area contributed by atoms with E-state index >= 15 is 0 Å². The molecule has 1 N–H and O–H groups in total. The van der Waals surface area contributed by atoms with Gasteiger partial charge in [-0.1, -0.05) is 0 Å². The third kappa shape index (κ3) is 2.70. The van der Waals surface area contributed by atoms with Crippen molar-refractivity contribution in [1.29, 1.82) is 0 Å². The Bertz CT molecular complexity index is 569. The van der Waals surface area contributed by atoms with Gasteiger partial charge < -0.3 is 9.52 Å². The molecule has 0 aliphatic rings. The maximum absolute atomic E-state index is 13.5. The van der Waals surface area contributed by atoms with Crippen molar-refractivity contribution in [2.24, 2.45) is 0 Å². The summed E-state index contributed by atoms with van der Waals surface area (Å²) in [5.41, 5.74) is 1.03. The van der Waals surface area contributed by atoms with Crippen LogP contribution < -0.4 is 0 Å². The van der Waals surface area contributed by atoms with Gasteiger partial charge in [0.25, 0.3) is 5.22 Å². The second-order valence-electron chi connectivity index (χ2n) is 4.00. The van der Waals surface area contributed by atoms with Crippen LogP contribution in [0, 0.1) is 19.7 Å². The van der Waals surface area contributed by atoms with E-state index in [2.05, 4.69) is 10.2 Å². The lowest BCUT2D eigenvalue weighted by atomic mass is 10.1. The molecule has 1 heterocycles. The zero-order valence-electron chi connectivity index (χ0n) is 10.3. The largest absolute Gasteiger partial charge is 0.416 e. The van der Waals surface area contributed by atoms with Gasteiger partial charge in [0.2, 0.25) is 5.89 Å². The summed E-state index contributed by atoms with van der Waals surface area (Å²) >= 11 is 1.22. The summed E-state index contributed by atoms with van der Waals surface area (Å²) in [6.45, 7) is 4.96. The normalized spacial score (nSPS) is 12.7. The zero-order chi connectivity index (χ0) is 13.3. The summed E-state index contributed by atoms with van der Waals surface area (Å²) in [6, 6.07) is 3.01. The van der Waals surface area contributed by atoms with Crippen LogP contribution in [0.15, 0.2) is 26.7 Å². The minimum absolute atomic E-state index is 0.336. The first-order chi connectivity index (χ1) is 8.47. The van der Waals surface area contributed by atoms with Gasteiger partial charge in [-0.15, -0.1) is 10.2 Å². The van der Waals surface area contributed by atoms with Crippen molar-refractivity contribution >= 4 is 11.8 Å². The van der Waals surface area contributed by atoms with Gasteiger partial charge in [0, 0.05) is 11.8 Å². The van der Waals surface area contributed by atoms with E-state index < -0.39 is 6.10 Å². The lowest BCUT2D eigenvalue weighted by Gasteiger charge is -2.11. The molecule has 0 saturated carbocycles. The predicted molar refractivity (Wildman–Crippen MR) is 64.9 cm³/mol. The van der Waals surface area contributed by atoms with Gasteiger partial charge in [-0.25, -0.2) is 4.39 Å². The smallest absolute Gasteiger partial charge is 0.281 e. The fourth-order valence-electron chi connectivity index (χ4n) is 1.50. The van der Waals surface area contributed by atoms with Crippen LogP contribution in [-0.4, -0.2) is 15.3 Å². The standard InChI is InChI=1S/C12H13FN2O2S/c1-6-4-11(9(7(2)16)5-10(6)13)18-12-15-14-8(3)17-12/h4-5,7,16H,1-3H3/t7-/m1/s1. The van der Waals surface area contributed by atoms with Gasteiger partial charge >= 0.3 is 0 Å². The molecule has 0 aliphatic heterocycles. The molecule has 96 valence electrons. The second-order valence-corrected chi connectivity index (χ2v) is 5.00. The van der Waals surface area contributed by atoms with E-state index in [0.717, 1.165) is 0 Å². The lowest BCUT2D eigenvalue weighted by molar-refractivity contribution is 0.195. The van der Waals surface area contributed by atoms with Gasteiger partial charge in [-0.05, 0) is 48.9 Å². The Balaban J connectivity index is 2.39. The number of aliphatic hydroxyl groups excluding tert-OH is 1. The number of rotatable bonds is 3. The van der Waals surface area contributed by atoms with Crippen LogP contribution in [0.25, 0.3) is 0 Å². The van der Waals surface area contributed by atoms with Gasteiger partial charge in [0.1, 0.15) is 5.82 Å². The van der Waals surface area contributed by atoms with Gasteiger partial charge in [0.15, 0.2) is 0 Å². The zero-order valence-corrected chi connectivity index (χ0v) is 11.1. The van der Waals surface area contributed by atoms with Gasteiger partial charge in [-0.3, -0.25) is 0 Å². The average Bonchev–Trinajstić information content (AvgIpc) is 2.68. The molecule has 0 aliphatic carbocycles.